The number of nitro groups is 1. The van der Waals surface area contributed by atoms with Crippen LogP contribution in [0.5, 0.6) is 0 Å². The molecule has 0 amide bonds. The van der Waals surface area contributed by atoms with Gasteiger partial charge in [0.15, 0.2) is 0 Å². The zero-order valence-electron chi connectivity index (χ0n) is 11.4. The van der Waals surface area contributed by atoms with Gasteiger partial charge in [-0.25, -0.2) is 0 Å². The average molecular weight is 264 g/mol. The molecular weight excluding hydrogens is 244 g/mol. The highest BCUT2D eigenvalue weighted by molar-refractivity contribution is 5.75. The van der Waals surface area contributed by atoms with Crippen LogP contribution in [0.2, 0.25) is 0 Å². The molecule has 6 nitrogen and oxygen atoms in total. The Bertz CT molecular complexity index is 468. The number of hydrogen-bond donors (Lipinski definition) is 1. The monoisotopic (exact) mass is 264 g/mol. The van der Waals surface area contributed by atoms with Crippen molar-refractivity contribution in [1.29, 1.82) is 0 Å². The molecule has 104 valence electrons. The van der Waals surface area contributed by atoms with Gasteiger partial charge in [0.05, 0.1) is 4.92 Å². The summed E-state index contributed by atoms with van der Waals surface area (Å²) >= 11 is 0. The summed E-state index contributed by atoms with van der Waals surface area (Å²) in [7, 11) is 0. The predicted molar refractivity (Wildman–Crippen MR) is 76.4 cm³/mol. The predicted octanol–water partition coefficient (Wildman–Crippen LogP) is 1.71. The number of nitro benzene ring substituents is 1. The second-order valence-corrected chi connectivity index (χ2v) is 5.09. The highest BCUT2D eigenvalue weighted by Gasteiger charge is 2.26. The molecule has 1 aliphatic rings. The van der Waals surface area contributed by atoms with Gasteiger partial charge in [0.2, 0.25) is 0 Å². The minimum atomic E-state index is -0.389. The Hall–Kier alpha value is -1.82. The molecule has 0 unspecified atom stereocenters. The lowest BCUT2D eigenvalue weighted by atomic mass is 10.1. The largest absolute Gasteiger partial charge is 0.393 e. The first-order chi connectivity index (χ1) is 9.00. The summed E-state index contributed by atoms with van der Waals surface area (Å²) in [6.45, 7) is 7.76. The lowest BCUT2D eigenvalue weighted by molar-refractivity contribution is -0.383. The summed E-state index contributed by atoms with van der Waals surface area (Å²) < 4.78 is 0. The fraction of sp³-hybridized carbons (Fsp3) is 0.538. The van der Waals surface area contributed by atoms with Crippen LogP contribution < -0.4 is 10.6 Å². The fourth-order valence-corrected chi connectivity index (χ4v) is 2.48. The minimum Gasteiger partial charge on any atom is -0.393 e. The molecule has 1 aromatic carbocycles. The Morgan fingerprint density at radius 3 is 2.42 bits per heavy atom. The smallest absolute Gasteiger partial charge is 0.315 e. The molecular formula is C13H20N4O2. The molecule has 2 rings (SSSR count). The Morgan fingerprint density at radius 2 is 1.89 bits per heavy atom. The van der Waals surface area contributed by atoms with E-state index >= 15 is 0 Å². The van der Waals surface area contributed by atoms with E-state index in [1.165, 1.54) is 0 Å². The molecule has 0 bridgehead atoms. The third-order valence-electron chi connectivity index (χ3n) is 3.61. The first kappa shape index (κ1) is 13.6. The summed E-state index contributed by atoms with van der Waals surface area (Å²) in [5.74, 6) is 0. The first-order valence-electron chi connectivity index (χ1n) is 6.52. The van der Waals surface area contributed by atoms with Crippen LogP contribution in [0.1, 0.15) is 13.8 Å². The van der Waals surface area contributed by atoms with Gasteiger partial charge in [-0.15, -0.1) is 0 Å². The molecule has 0 aliphatic carbocycles. The number of anilines is 2. The number of piperazine rings is 1. The van der Waals surface area contributed by atoms with Crippen molar-refractivity contribution >= 4 is 17.1 Å². The first-order valence-corrected chi connectivity index (χ1v) is 6.52. The van der Waals surface area contributed by atoms with E-state index in [1.807, 2.05) is 4.90 Å². The van der Waals surface area contributed by atoms with Crippen LogP contribution in [0.3, 0.4) is 0 Å². The van der Waals surface area contributed by atoms with Gasteiger partial charge >= 0.3 is 5.69 Å². The fourth-order valence-electron chi connectivity index (χ4n) is 2.48. The molecule has 1 saturated heterocycles. The van der Waals surface area contributed by atoms with Crippen LogP contribution in [-0.4, -0.2) is 42.0 Å². The van der Waals surface area contributed by atoms with E-state index in [2.05, 4.69) is 18.7 Å². The Balaban J connectivity index is 2.20. The number of benzene rings is 1. The van der Waals surface area contributed by atoms with Crippen LogP contribution >= 0.6 is 0 Å². The second-order valence-electron chi connectivity index (χ2n) is 5.09. The lowest BCUT2D eigenvalue weighted by Crippen LogP contribution is -2.49. The standard InChI is InChI=1S/C13H20N4O2/c1-10(2)15-6-8-16(9-7-15)12-5-3-4-11(14)13(12)17(18)19/h3-5,10H,6-9,14H2,1-2H3. The number of nitrogen functional groups attached to an aromatic ring is 1. The van der Waals surface area contributed by atoms with E-state index in [0.717, 1.165) is 26.2 Å². The molecule has 2 N–H and O–H groups in total. The maximum absolute atomic E-state index is 11.1. The maximum atomic E-state index is 11.1. The van der Waals surface area contributed by atoms with E-state index in [0.29, 0.717) is 11.7 Å². The van der Waals surface area contributed by atoms with Gasteiger partial charge in [0.1, 0.15) is 11.4 Å². The molecule has 1 aliphatic heterocycles. The highest BCUT2D eigenvalue weighted by Crippen LogP contribution is 2.34. The Labute approximate surface area is 112 Å². The SMILES string of the molecule is CC(C)N1CCN(c2cccc(N)c2[N+](=O)[O-])CC1. The molecule has 1 aromatic rings. The quantitative estimate of drug-likeness (QED) is 0.511. The van der Waals surface area contributed by atoms with Gasteiger partial charge in [-0.1, -0.05) is 6.07 Å². The third-order valence-corrected chi connectivity index (χ3v) is 3.61. The van der Waals surface area contributed by atoms with Crippen molar-refractivity contribution in [3.63, 3.8) is 0 Å². The third kappa shape index (κ3) is 2.78. The summed E-state index contributed by atoms with van der Waals surface area (Å²) in [5.41, 5.74) is 6.62. The van der Waals surface area contributed by atoms with Crippen LogP contribution in [-0.2, 0) is 0 Å². The Kier molecular flexibility index (Phi) is 3.90. The van der Waals surface area contributed by atoms with E-state index in [-0.39, 0.29) is 16.3 Å². The van der Waals surface area contributed by atoms with Gasteiger partial charge in [0, 0.05) is 32.2 Å². The van der Waals surface area contributed by atoms with Gasteiger partial charge in [-0.05, 0) is 26.0 Å². The van der Waals surface area contributed by atoms with Gasteiger partial charge in [-0.2, -0.15) is 0 Å². The summed E-state index contributed by atoms with van der Waals surface area (Å²) in [5, 5.41) is 11.1. The lowest BCUT2D eigenvalue weighted by Gasteiger charge is -2.37. The molecule has 1 heterocycles. The van der Waals surface area contributed by atoms with E-state index in [4.69, 9.17) is 5.73 Å². The molecule has 0 spiro atoms. The number of para-hydroxylation sites is 1. The van der Waals surface area contributed by atoms with E-state index in [9.17, 15) is 10.1 Å². The van der Waals surface area contributed by atoms with Crippen molar-refractivity contribution in [2.45, 2.75) is 19.9 Å². The van der Waals surface area contributed by atoms with Crippen LogP contribution in [0.4, 0.5) is 17.1 Å². The Morgan fingerprint density at radius 1 is 1.26 bits per heavy atom. The molecule has 6 heteroatoms. The van der Waals surface area contributed by atoms with Gasteiger partial charge in [0.25, 0.3) is 0 Å². The van der Waals surface area contributed by atoms with Crippen molar-refractivity contribution in [3.8, 4) is 0 Å². The summed E-state index contributed by atoms with van der Waals surface area (Å²) in [4.78, 5) is 15.2. The average Bonchev–Trinajstić information content (AvgIpc) is 2.38. The van der Waals surface area contributed by atoms with Gasteiger partial charge in [-0.3, -0.25) is 15.0 Å². The zero-order valence-corrected chi connectivity index (χ0v) is 11.4. The summed E-state index contributed by atoms with van der Waals surface area (Å²) in [6.07, 6.45) is 0. The van der Waals surface area contributed by atoms with Gasteiger partial charge < -0.3 is 10.6 Å². The van der Waals surface area contributed by atoms with Crippen LogP contribution in [0, 0.1) is 10.1 Å². The maximum Gasteiger partial charge on any atom is 0.315 e. The zero-order chi connectivity index (χ0) is 14.0. The van der Waals surface area contributed by atoms with Crippen molar-refractivity contribution in [3.05, 3.63) is 28.3 Å². The van der Waals surface area contributed by atoms with Crippen molar-refractivity contribution < 1.29 is 4.92 Å². The topological polar surface area (TPSA) is 75.6 Å². The van der Waals surface area contributed by atoms with Crippen molar-refractivity contribution in [1.82, 2.24) is 4.90 Å². The summed E-state index contributed by atoms with van der Waals surface area (Å²) in [6, 6.07) is 5.64. The number of nitrogens with two attached hydrogens (primary N) is 1. The molecule has 0 aromatic heterocycles. The molecule has 0 saturated carbocycles. The second kappa shape index (κ2) is 5.44. The number of nitrogens with zero attached hydrogens (tertiary/aromatic N) is 3. The number of hydrogen-bond acceptors (Lipinski definition) is 5. The molecule has 0 radical (unpaired) electrons. The number of rotatable bonds is 3. The van der Waals surface area contributed by atoms with E-state index in [1.54, 1.807) is 18.2 Å². The molecule has 1 fully saturated rings. The normalized spacial score (nSPS) is 16.9. The minimum absolute atomic E-state index is 0.0282. The molecule has 19 heavy (non-hydrogen) atoms. The van der Waals surface area contributed by atoms with E-state index < -0.39 is 0 Å². The van der Waals surface area contributed by atoms with Crippen LogP contribution in [0.25, 0.3) is 0 Å². The van der Waals surface area contributed by atoms with Crippen LogP contribution in [0.15, 0.2) is 18.2 Å². The van der Waals surface area contributed by atoms with Crippen molar-refractivity contribution in [2.75, 3.05) is 36.8 Å². The highest BCUT2D eigenvalue weighted by atomic mass is 16.6. The molecule has 0 atom stereocenters. The van der Waals surface area contributed by atoms with Crippen molar-refractivity contribution in [2.24, 2.45) is 0 Å².